The Morgan fingerprint density at radius 1 is 1.50 bits per heavy atom. The van der Waals surface area contributed by atoms with E-state index >= 15 is 0 Å². The number of hydrogen-bond donors (Lipinski definition) is 2. The molecule has 0 aliphatic carbocycles. The summed E-state index contributed by atoms with van der Waals surface area (Å²) in [6.07, 6.45) is 1.57. The first-order chi connectivity index (χ1) is 9.66. The van der Waals surface area contributed by atoms with Crippen molar-refractivity contribution in [3.05, 3.63) is 35.9 Å². The highest BCUT2D eigenvalue weighted by Gasteiger charge is 2.51. The average molecular weight is 276 g/mol. The van der Waals surface area contributed by atoms with Crippen LogP contribution in [0.5, 0.6) is 0 Å². The van der Waals surface area contributed by atoms with E-state index in [4.69, 9.17) is 10.5 Å². The van der Waals surface area contributed by atoms with Crippen molar-refractivity contribution >= 4 is 5.97 Å². The molecule has 0 bridgehead atoms. The third-order valence-electron chi connectivity index (χ3n) is 4.52. The standard InChI is InChI=1S/C16H24N2O2/c1-3-14(17)13-11-18-10-9-16(13,15(19)20-2)12-7-5-4-6-8-12/h4-8,13-14,18H,3,9-11,17H2,1-2H3. The molecule has 3 atom stereocenters. The van der Waals surface area contributed by atoms with E-state index in [9.17, 15) is 4.79 Å². The molecule has 1 fully saturated rings. The normalized spacial score (nSPS) is 27.9. The first-order valence-corrected chi connectivity index (χ1v) is 7.27. The zero-order valence-electron chi connectivity index (χ0n) is 12.3. The maximum absolute atomic E-state index is 12.6. The number of piperidine rings is 1. The average Bonchev–Trinajstić information content (AvgIpc) is 2.54. The van der Waals surface area contributed by atoms with Gasteiger partial charge in [-0.25, -0.2) is 0 Å². The van der Waals surface area contributed by atoms with Gasteiger partial charge in [0.1, 0.15) is 0 Å². The summed E-state index contributed by atoms with van der Waals surface area (Å²) in [6, 6.07) is 9.90. The van der Waals surface area contributed by atoms with Crippen molar-refractivity contribution in [3.8, 4) is 0 Å². The molecule has 1 aliphatic rings. The third-order valence-corrected chi connectivity index (χ3v) is 4.52. The molecule has 1 saturated heterocycles. The Hall–Kier alpha value is -1.39. The van der Waals surface area contributed by atoms with E-state index in [2.05, 4.69) is 12.2 Å². The summed E-state index contributed by atoms with van der Waals surface area (Å²) in [5, 5.41) is 3.37. The number of methoxy groups -OCH3 is 1. The molecule has 0 aromatic heterocycles. The van der Waals surface area contributed by atoms with Gasteiger partial charge in [-0.05, 0) is 24.9 Å². The van der Waals surface area contributed by atoms with Gasteiger partial charge in [-0.1, -0.05) is 37.3 Å². The zero-order valence-corrected chi connectivity index (χ0v) is 12.3. The molecule has 0 radical (unpaired) electrons. The van der Waals surface area contributed by atoms with E-state index < -0.39 is 5.41 Å². The smallest absolute Gasteiger partial charge is 0.316 e. The van der Waals surface area contributed by atoms with Crippen LogP contribution in [0, 0.1) is 5.92 Å². The molecule has 3 N–H and O–H groups in total. The van der Waals surface area contributed by atoms with Crippen molar-refractivity contribution in [1.29, 1.82) is 0 Å². The number of ether oxygens (including phenoxy) is 1. The van der Waals surface area contributed by atoms with Gasteiger partial charge in [0.25, 0.3) is 0 Å². The molecule has 4 heteroatoms. The van der Waals surface area contributed by atoms with Crippen LogP contribution in [0.15, 0.2) is 30.3 Å². The van der Waals surface area contributed by atoms with Crippen LogP contribution in [0.3, 0.4) is 0 Å². The van der Waals surface area contributed by atoms with Crippen molar-refractivity contribution in [2.45, 2.75) is 31.2 Å². The fourth-order valence-electron chi connectivity index (χ4n) is 3.35. The van der Waals surface area contributed by atoms with Gasteiger partial charge >= 0.3 is 5.97 Å². The summed E-state index contributed by atoms with van der Waals surface area (Å²) < 4.78 is 5.15. The van der Waals surface area contributed by atoms with Crippen molar-refractivity contribution in [2.75, 3.05) is 20.2 Å². The van der Waals surface area contributed by atoms with Crippen LogP contribution in [0.2, 0.25) is 0 Å². The Bertz CT molecular complexity index is 449. The van der Waals surface area contributed by atoms with Crippen molar-refractivity contribution in [3.63, 3.8) is 0 Å². The minimum atomic E-state index is -0.628. The van der Waals surface area contributed by atoms with Crippen LogP contribution in [0.4, 0.5) is 0 Å². The van der Waals surface area contributed by atoms with Gasteiger partial charge in [-0.2, -0.15) is 0 Å². The van der Waals surface area contributed by atoms with Gasteiger partial charge in [0.05, 0.1) is 12.5 Å². The minimum absolute atomic E-state index is 0.0258. The number of nitrogens with two attached hydrogens (primary N) is 1. The lowest BCUT2D eigenvalue weighted by atomic mass is 9.63. The summed E-state index contributed by atoms with van der Waals surface area (Å²) in [7, 11) is 1.46. The highest BCUT2D eigenvalue weighted by Crippen LogP contribution is 2.40. The van der Waals surface area contributed by atoms with Crippen LogP contribution >= 0.6 is 0 Å². The number of esters is 1. The van der Waals surface area contributed by atoms with Gasteiger partial charge in [0.15, 0.2) is 0 Å². The maximum Gasteiger partial charge on any atom is 0.316 e. The summed E-state index contributed by atoms with van der Waals surface area (Å²) in [4.78, 5) is 12.6. The summed E-state index contributed by atoms with van der Waals surface area (Å²) >= 11 is 0. The Kier molecular flexibility index (Phi) is 4.78. The number of carbonyl (C=O) groups excluding carboxylic acids is 1. The summed E-state index contributed by atoms with van der Waals surface area (Å²) in [6.45, 7) is 3.61. The lowest BCUT2D eigenvalue weighted by Gasteiger charge is -2.45. The van der Waals surface area contributed by atoms with E-state index in [0.29, 0.717) is 0 Å². The number of nitrogens with one attached hydrogen (secondary N) is 1. The first kappa shape index (κ1) is 15.0. The monoisotopic (exact) mass is 276 g/mol. The van der Waals surface area contributed by atoms with E-state index in [1.807, 2.05) is 30.3 Å². The molecule has 1 aromatic carbocycles. The molecule has 20 heavy (non-hydrogen) atoms. The summed E-state index contributed by atoms with van der Waals surface area (Å²) in [5.41, 5.74) is 6.69. The Labute approximate surface area is 120 Å². The topological polar surface area (TPSA) is 64.3 Å². The molecule has 1 heterocycles. The molecular formula is C16H24N2O2. The molecule has 1 aliphatic heterocycles. The van der Waals surface area contributed by atoms with Crippen LogP contribution in [-0.4, -0.2) is 32.2 Å². The zero-order chi connectivity index (χ0) is 14.6. The fraction of sp³-hybridized carbons (Fsp3) is 0.562. The van der Waals surface area contributed by atoms with Crippen molar-refractivity contribution in [1.82, 2.24) is 5.32 Å². The second-order valence-electron chi connectivity index (χ2n) is 5.46. The second-order valence-corrected chi connectivity index (χ2v) is 5.46. The van der Waals surface area contributed by atoms with Gasteiger partial charge in [-0.15, -0.1) is 0 Å². The largest absolute Gasteiger partial charge is 0.468 e. The van der Waals surface area contributed by atoms with E-state index in [1.54, 1.807) is 0 Å². The molecule has 2 rings (SSSR count). The van der Waals surface area contributed by atoms with Crippen LogP contribution < -0.4 is 11.1 Å². The molecular weight excluding hydrogens is 252 g/mol. The third kappa shape index (κ3) is 2.45. The van der Waals surface area contributed by atoms with E-state index in [1.165, 1.54) is 7.11 Å². The fourth-order valence-corrected chi connectivity index (χ4v) is 3.35. The highest BCUT2D eigenvalue weighted by atomic mass is 16.5. The molecule has 1 aromatic rings. The van der Waals surface area contributed by atoms with Gasteiger partial charge in [0, 0.05) is 18.5 Å². The maximum atomic E-state index is 12.6. The lowest BCUT2D eigenvalue weighted by molar-refractivity contribution is -0.151. The van der Waals surface area contributed by atoms with E-state index in [0.717, 1.165) is 31.5 Å². The molecule has 0 amide bonds. The highest BCUT2D eigenvalue weighted by molar-refractivity contribution is 5.84. The van der Waals surface area contributed by atoms with Gasteiger partial charge in [0.2, 0.25) is 0 Å². The van der Waals surface area contributed by atoms with Crippen LogP contribution in [-0.2, 0) is 14.9 Å². The second kappa shape index (κ2) is 6.37. The Morgan fingerprint density at radius 3 is 2.80 bits per heavy atom. The SMILES string of the molecule is CCC(N)C1CNCCC1(C(=O)OC)c1ccccc1. The Morgan fingerprint density at radius 2 is 2.20 bits per heavy atom. The molecule has 4 nitrogen and oxygen atoms in total. The number of hydrogen-bond acceptors (Lipinski definition) is 4. The Balaban J connectivity index is 2.51. The minimum Gasteiger partial charge on any atom is -0.468 e. The quantitative estimate of drug-likeness (QED) is 0.817. The molecule has 0 spiro atoms. The molecule has 110 valence electrons. The van der Waals surface area contributed by atoms with Crippen molar-refractivity contribution in [2.24, 2.45) is 11.7 Å². The first-order valence-electron chi connectivity index (χ1n) is 7.27. The van der Waals surface area contributed by atoms with Gasteiger partial charge in [-0.3, -0.25) is 4.79 Å². The number of carbonyl (C=O) groups is 1. The van der Waals surface area contributed by atoms with Gasteiger partial charge < -0.3 is 15.8 Å². The summed E-state index contributed by atoms with van der Waals surface area (Å²) in [5.74, 6) is -0.116. The number of benzene rings is 1. The lowest BCUT2D eigenvalue weighted by Crippen LogP contribution is -2.59. The van der Waals surface area contributed by atoms with E-state index in [-0.39, 0.29) is 17.9 Å². The van der Waals surface area contributed by atoms with Crippen LogP contribution in [0.25, 0.3) is 0 Å². The predicted molar refractivity (Wildman–Crippen MR) is 79.4 cm³/mol. The molecule has 0 saturated carbocycles. The predicted octanol–water partition coefficient (Wildman–Crippen LogP) is 1.44. The molecule has 3 unspecified atom stereocenters. The number of rotatable bonds is 4. The van der Waals surface area contributed by atoms with Crippen LogP contribution in [0.1, 0.15) is 25.3 Å². The van der Waals surface area contributed by atoms with Crippen molar-refractivity contribution < 1.29 is 9.53 Å².